The first-order valence-corrected chi connectivity index (χ1v) is 8.09. The Balaban J connectivity index is 2.02. The Hall–Kier alpha value is -0.420. The van der Waals surface area contributed by atoms with Gasteiger partial charge in [-0.05, 0) is 46.1 Å². The molecule has 1 aromatic rings. The molecule has 0 spiro atoms. The molecule has 0 aromatic carbocycles. The highest BCUT2D eigenvalue weighted by Gasteiger charge is 2.29. The summed E-state index contributed by atoms with van der Waals surface area (Å²) in [7, 11) is 6.59. The van der Waals surface area contributed by atoms with E-state index in [9.17, 15) is 0 Å². The van der Waals surface area contributed by atoms with Crippen molar-refractivity contribution >= 4 is 11.3 Å². The monoisotopic (exact) mass is 281 g/mol. The van der Waals surface area contributed by atoms with Crippen LogP contribution in [0.1, 0.15) is 16.7 Å². The van der Waals surface area contributed by atoms with E-state index in [4.69, 9.17) is 0 Å². The molecule has 2 heterocycles. The molecule has 0 aliphatic carbocycles. The summed E-state index contributed by atoms with van der Waals surface area (Å²) in [6.07, 6.45) is 2.30. The maximum absolute atomic E-state index is 3.54. The summed E-state index contributed by atoms with van der Waals surface area (Å²) < 4.78 is 0. The molecule has 1 aromatic heterocycles. The Bertz CT molecular complexity index is 390. The molecule has 1 saturated heterocycles. The maximum Gasteiger partial charge on any atom is 0.0377 e. The molecule has 0 amide bonds. The van der Waals surface area contributed by atoms with E-state index in [1.165, 1.54) is 22.8 Å². The van der Waals surface area contributed by atoms with E-state index in [-0.39, 0.29) is 0 Å². The average molecular weight is 281 g/mol. The third-order valence-electron chi connectivity index (χ3n) is 4.22. The molecule has 1 aliphatic rings. The van der Waals surface area contributed by atoms with E-state index >= 15 is 0 Å². The lowest BCUT2D eigenvalue weighted by Crippen LogP contribution is -2.58. The van der Waals surface area contributed by atoms with Crippen LogP contribution in [0.15, 0.2) is 12.1 Å². The lowest BCUT2D eigenvalue weighted by atomic mass is 10.0. The van der Waals surface area contributed by atoms with Gasteiger partial charge in [0.2, 0.25) is 0 Å². The van der Waals surface area contributed by atoms with Crippen molar-refractivity contribution < 1.29 is 0 Å². The van der Waals surface area contributed by atoms with Crippen LogP contribution in [0.4, 0.5) is 0 Å². The van der Waals surface area contributed by atoms with Gasteiger partial charge in [-0.3, -0.25) is 4.90 Å². The molecule has 19 heavy (non-hydrogen) atoms. The lowest BCUT2D eigenvalue weighted by Gasteiger charge is -2.41. The molecule has 1 aliphatic heterocycles. The SMILES string of the molecule is CCc1ccc(CC(NC)C2CN(C)CCN2C)s1. The van der Waals surface area contributed by atoms with Crippen LogP contribution < -0.4 is 5.32 Å². The minimum absolute atomic E-state index is 0.538. The zero-order valence-corrected chi connectivity index (χ0v) is 13.5. The summed E-state index contributed by atoms with van der Waals surface area (Å²) in [5, 5.41) is 3.54. The van der Waals surface area contributed by atoms with Crippen LogP contribution in [-0.2, 0) is 12.8 Å². The Morgan fingerprint density at radius 3 is 2.68 bits per heavy atom. The molecule has 2 atom stereocenters. The van der Waals surface area contributed by atoms with Crippen LogP contribution in [0.2, 0.25) is 0 Å². The summed E-state index contributed by atoms with van der Waals surface area (Å²) in [4.78, 5) is 7.97. The number of piperazine rings is 1. The molecule has 2 unspecified atom stereocenters. The Labute approximate surface area is 121 Å². The summed E-state index contributed by atoms with van der Waals surface area (Å²) in [6.45, 7) is 5.75. The minimum atomic E-state index is 0.538. The van der Waals surface area contributed by atoms with E-state index in [1.54, 1.807) is 0 Å². The highest BCUT2D eigenvalue weighted by Crippen LogP contribution is 2.21. The van der Waals surface area contributed by atoms with Crippen molar-refractivity contribution in [3.63, 3.8) is 0 Å². The zero-order valence-electron chi connectivity index (χ0n) is 12.6. The molecule has 1 fully saturated rings. The molecule has 108 valence electrons. The Morgan fingerprint density at radius 2 is 2.05 bits per heavy atom. The highest BCUT2D eigenvalue weighted by molar-refractivity contribution is 7.11. The summed E-state index contributed by atoms with van der Waals surface area (Å²) in [5.74, 6) is 0. The van der Waals surface area contributed by atoms with Gasteiger partial charge < -0.3 is 10.2 Å². The molecule has 4 heteroatoms. The number of likely N-dealkylation sites (N-methyl/N-ethyl adjacent to an activating group) is 3. The van der Waals surface area contributed by atoms with E-state index in [2.05, 4.69) is 55.3 Å². The molecule has 0 radical (unpaired) electrons. The van der Waals surface area contributed by atoms with Crippen molar-refractivity contribution in [1.29, 1.82) is 0 Å². The van der Waals surface area contributed by atoms with Gasteiger partial charge in [0.15, 0.2) is 0 Å². The standard InChI is InChI=1S/C15H27N3S/c1-5-12-6-7-13(19-12)10-14(16-2)15-11-17(3)8-9-18(15)4/h6-7,14-16H,5,8-11H2,1-4H3. The van der Waals surface area contributed by atoms with Crippen molar-refractivity contribution in [3.05, 3.63) is 21.9 Å². The average Bonchev–Trinajstić information content (AvgIpc) is 2.87. The van der Waals surface area contributed by atoms with Crippen LogP contribution in [-0.4, -0.2) is 62.7 Å². The van der Waals surface area contributed by atoms with Gasteiger partial charge in [-0.1, -0.05) is 6.92 Å². The smallest absolute Gasteiger partial charge is 0.0377 e. The van der Waals surface area contributed by atoms with Crippen LogP contribution in [0.25, 0.3) is 0 Å². The Kier molecular flexibility index (Phi) is 5.39. The summed E-state index contributed by atoms with van der Waals surface area (Å²) >= 11 is 1.97. The van der Waals surface area contributed by atoms with Crippen LogP contribution >= 0.6 is 11.3 Å². The molecule has 1 N–H and O–H groups in total. The van der Waals surface area contributed by atoms with E-state index in [0.29, 0.717) is 12.1 Å². The fraction of sp³-hybridized carbons (Fsp3) is 0.733. The van der Waals surface area contributed by atoms with Gasteiger partial charge in [0.25, 0.3) is 0 Å². The van der Waals surface area contributed by atoms with Crippen molar-refractivity contribution in [2.24, 2.45) is 0 Å². The quantitative estimate of drug-likeness (QED) is 0.886. The van der Waals surface area contributed by atoms with Crippen molar-refractivity contribution in [3.8, 4) is 0 Å². The van der Waals surface area contributed by atoms with Gasteiger partial charge in [-0.2, -0.15) is 0 Å². The first kappa shape index (κ1) is 15.0. The van der Waals surface area contributed by atoms with Crippen molar-refractivity contribution in [2.75, 3.05) is 40.8 Å². The number of aryl methyl sites for hydroxylation is 1. The second-order valence-corrected chi connectivity index (χ2v) is 6.88. The number of hydrogen-bond donors (Lipinski definition) is 1. The normalized spacial score (nSPS) is 23.7. The topological polar surface area (TPSA) is 18.5 Å². The third kappa shape index (κ3) is 3.78. The highest BCUT2D eigenvalue weighted by atomic mass is 32.1. The van der Waals surface area contributed by atoms with Gasteiger partial charge >= 0.3 is 0 Å². The number of thiophene rings is 1. The van der Waals surface area contributed by atoms with Crippen molar-refractivity contribution in [2.45, 2.75) is 31.8 Å². The van der Waals surface area contributed by atoms with E-state index in [0.717, 1.165) is 19.4 Å². The number of nitrogens with one attached hydrogen (secondary N) is 1. The minimum Gasteiger partial charge on any atom is -0.315 e. The van der Waals surface area contributed by atoms with Gasteiger partial charge in [0.1, 0.15) is 0 Å². The Morgan fingerprint density at radius 1 is 1.32 bits per heavy atom. The molecular weight excluding hydrogens is 254 g/mol. The summed E-state index contributed by atoms with van der Waals surface area (Å²) in [5.41, 5.74) is 0. The van der Waals surface area contributed by atoms with Gasteiger partial charge in [-0.15, -0.1) is 11.3 Å². The first-order valence-electron chi connectivity index (χ1n) is 7.27. The molecule has 0 saturated carbocycles. The number of nitrogens with zero attached hydrogens (tertiary/aromatic N) is 2. The second-order valence-electron chi connectivity index (χ2n) is 5.63. The van der Waals surface area contributed by atoms with E-state index in [1.807, 2.05) is 11.3 Å². The van der Waals surface area contributed by atoms with Crippen LogP contribution in [0.3, 0.4) is 0 Å². The van der Waals surface area contributed by atoms with Crippen molar-refractivity contribution in [1.82, 2.24) is 15.1 Å². The zero-order chi connectivity index (χ0) is 13.8. The first-order chi connectivity index (χ1) is 9.13. The van der Waals surface area contributed by atoms with E-state index < -0.39 is 0 Å². The fourth-order valence-corrected chi connectivity index (χ4v) is 3.86. The largest absolute Gasteiger partial charge is 0.315 e. The fourth-order valence-electron chi connectivity index (χ4n) is 2.85. The lowest BCUT2D eigenvalue weighted by molar-refractivity contribution is 0.0899. The number of rotatable bonds is 5. The predicted octanol–water partition coefficient (Wildman–Crippen LogP) is 1.69. The number of hydrogen-bond acceptors (Lipinski definition) is 4. The molecular formula is C15H27N3S. The third-order valence-corrected chi connectivity index (χ3v) is 5.47. The summed E-state index contributed by atoms with van der Waals surface area (Å²) in [6, 6.07) is 5.73. The molecule has 3 nitrogen and oxygen atoms in total. The molecule has 2 rings (SSSR count). The van der Waals surface area contributed by atoms with Gasteiger partial charge in [-0.25, -0.2) is 0 Å². The van der Waals surface area contributed by atoms with Crippen LogP contribution in [0.5, 0.6) is 0 Å². The second kappa shape index (κ2) is 6.84. The van der Waals surface area contributed by atoms with Gasteiger partial charge in [0, 0.05) is 41.5 Å². The molecule has 0 bridgehead atoms. The maximum atomic E-state index is 3.54. The van der Waals surface area contributed by atoms with Crippen LogP contribution in [0, 0.1) is 0 Å². The van der Waals surface area contributed by atoms with Gasteiger partial charge in [0.05, 0.1) is 0 Å². The predicted molar refractivity (Wildman–Crippen MR) is 84.2 cm³/mol.